The maximum atomic E-state index is 6.35. The molecule has 0 spiro atoms. The summed E-state index contributed by atoms with van der Waals surface area (Å²) in [5, 5.41) is 18.9. The van der Waals surface area contributed by atoms with E-state index >= 15 is 0 Å². The van der Waals surface area contributed by atoms with Crippen molar-refractivity contribution in [1.29, 1.82) is 0 Å². The molecule has 0 bridgehead atoms. The van der Waals surface area contributed by atoms with Crippen LogP contribution in [0.2, 0.25) is 0 Å². The normalized spacial score (nSPS) is 24.5. The van der Waals surface area contributed by atoms with E-state index in [-0.39, 0.29) is 37.1 Å². The Kier molecular flexibility index (Phi) is 12.3. The number of para-hydroxylation sites is 2. The van der Waals surface area contributed by atoms with Gasteiger partial charge in [0.15, 0.2) is 12.6 Å². The summed E-state index contributed by atoms with van der Waals surface area (Å²) in [6.45, 7) is 7.24. The maximum Gasteiger partial charge on any atom is 0.157 e. The predicted molar refractivity (Wildman–Crippen MR) is 193 cm³/mol. The van der Waals surface area contributed by atoms with Gasteiger partial charge in [0.25, 0.3) is 0 Å². The summed E-state index contributed by atoms with van der Waals surface area (Å²) in [6.07, 6.45) is 9.95. The van der Waals surface area contributed by atoms with Crippen LogP contribution in [-0.2, 0) is 28.4 Å². The molecule has 4 saturated heterocycles. The zero-order valence-corrected chi connectivity index (χ0v) is 30.3. The molecular weight excluding hydrogens is 664 g/mol. The lowest BCUT2D eigenvalue weighted by molar-refractivity contribution is -0.173. The number of hydrogen-bond acceptors (Lipinski definition) is 12. The van der Waals surface area contributed by atoms with E-state index in [0.717, 1.165) is 126 Å². The van der Waals surface area contributed by atoms with Crippen molar-refractivity contribution in [2.75, 3.05) is 65.8 Å². The van der Waals surface area contributed by atoms with Crippen LogP contribution < -0.4 is 0 Å². The molecule has 0 radical (unpaired) electrons. The minimum Gasteiger partial charge on any atom is -0.376 e. The van der Waals surface area contributed by atoms with Crippen LogP contribution in [0.1, 0.15) is 76.5 Å². The number of nitrogens with zero attached hydrogens (tertiary/aromatic N) is 8. The average molecular weight is 719 g/mol. The number of aromatic nitrogens is 6. The number of benzene rings is 2. The number of ether oxygens (including phenoxy) is 6. The van der Waals surface area contributed by atoms with Crippen molar-refractivity contribution >= 4 is 22.1 Å². The molecule has 0 saturated carbocycles. The summed E-state index contributed by atoms with van der Waals surface area (Å²) in [7, 11) is 0. The fraction of sp³-hybridized carbons (Fsp3) is 0.684. The zero-order chi connectivity index (χ0) is 35.0. The van der Waals surface area contributed by atoms with Crippen LogP contribution >= 0.6 is 0 Å². The summed E-state index contributed by atoms with van der Waals surface area (Å²) >= 11 is 0. The Labute approximate surface area is 305 Å². The maximum absolute atomic E-state index is 6.35. The van der Waals surface area contributed by atoms with E-state index in [2.05, 4.69) is 53.6 Å². The molecule has 8 rings (SSSR count). The molecule has 14 nitrogen and oxygen atoms in total. The third-order valence-corrected chi connectivity index (χ3v) is 11.0. The van der Waals surface area contributed by atoms with Gasteiger partial charge in [-0.05, 0) is 88.5 Å². The highest BCUT2D eigenvalue weighted by Gasteiger charge is 2.41. The van der Waals surface area contributed by atoms with Crippen LogP contribution in [0.4, 0.5) is 0 Å². The Bertz CT molecular complexity index is 1540. The Morgan fingerprint density at radius 2 is 0.962 bits per heavy atom. The van der Waals surface area contributed by atoms with Gasteiger partial charge < -0.3 is 28.4 Å². The van der Waals surface area contributed by atoms with Gasteiger partial charge in [-0.2, -0.15) is 0 Å². The molecule has 6 heterocycles. The third kappa shape index (κ3) is 8.65. The predicted octanol–water partition coefficient (Wildman–Crippen LogP) is 4.92. The topological polar surface area (TPSA) is 123 Å². The van der Waals surface area contributed by atoms with Crippen LogP contribution in [0, 0.1) is 0 Å². The molecule has 4 aromatic rings. The van der Waals surface area contributed by atoms with E-state index in [1.165, 1.54) is 0 Å². The number of piperidine rings is 2. The first-order valence-electron chi connectivity index (χ1n) is 19.6. The number of hydrogen-bond donors (Lipinski definition) is 0. The zero-order valence-electron chi connectivity index (χ0n) is 30.3. The summed E-state index contributed by atoms with van der Waals surface area (Å²) in [4.78, 5) is 5.09. The molecule has 4 fully saturated rings. The molecule has 0 aliphatic carbocycles. The second-order valence-corrected chi connectivity index (χ2v) is 14.4. The van der Waals surface area contributed by atoms with Crippen molar-refractivity contribution in [3.63, 3.8) is 0 Å². The SMILES string of the molecule is c1ccc2c(c1)nnn2C(C(N1CCC(OCCOC2CCCCO2)CC1)n1nnc2ccccc21)N1CCC(OCCOC2CCCCO2)CC1. The molecule has 2 aromatic carbocycles. The van der Waals surface area contributed by atoms with Gasteiger partial charge >= 0.3 is 0 Å². The summed E-state index contributed by atoms with van der Waals surface area (Å²) in [5.41, 5.74) is 3.76. The molecular formula is C38H54N8O6. The molecule has 4 unspecified atom stereocenters. The van der Waals surface area contributed by atoms with Gasteiger partial charge in [-0.1, -0.05) is 34.7 Å². The fourth-order valence-electron chi connectivity index (χ4n) is 8.19. The number of likely N-dealkylation sites (tertiary alicyclic amines) is 2. The summed E-state index contributed by atoms with van der Waals surface area (Å²) in [5.74, 6) is 0. The molecule has 14 heteroatoms. The van der Waals surface area contributed by atoms with Gasteiger partial charge in [-0.15, -0.1) is 10.2 Å². The second kappa shape index (κ2) is 17.8. The molecule has 52 heavy (non-hydrogen) atoms. The van der Waals surface area contributed by atoms with Crippen LogP contribution in [0.3, 0.4) is 0 Å². The Morgan fingerprint density at radius 1 is 0.538 bits per heavy atom. The summed E-state index contributed by atoms with van der Waals surface area (Å²) in [6, 6.07) is 16.5. The van der Waals surface area contributed by atoms with Crippen LogP contribution in [0.15, 0.2) is 48.5 Å². The Morgan fingerprint density at radius 3 is 1.38 bits per heavy atom. The largest absolute Gasteiger partial charge is 0.376 e. The highest BCUT2D eigenvalue weighted by Crippen LogP contribution is 2.37. The lowest BCUT2D eigenvalue weighted by Gasteiger charge is -2.46. The first kappa shape index (κ1) is 35.9. The Hall–Kier alpha value is -3.08. The first-order chi connectivity index (χ1) is 25.8. The van der Waals surface area contributed by atoms with E-state index < -0.39 is 0 Å². The highest BCUT2D eigenvalue weighted by molar-refractivity contribution is 5.75. The fourth-order valence-corrected chi connectivity index (χ4v) is 8.19. The molecule has 4 aliphatic heterocycles. The Balaban J connectivity index is 0.983. The molecule has 4 aliphatic rings. The molecule has 0 amide bonds. The van der Waals surface area contributed by atoms with Crippen molar-refractivity contribution in [2.24, 2.45) is 0 Å². The van der Waals surface area contributed by atoms with Crippen molar-refractivity contribution in [1.82, 2.24) is 39.8 Å². The summed E-state index contributed by atoms with van der Waals surface area (Å²) < 4.78 is 40.3. The standard InChI is InChI=1S/C38H54N8O6/c1-3-11-33-31(9-1)39-41-45(33)37(43-19-15-29(16-20-43)47-25-27-51-35-13-5-7-23-49-35)38(46-34-12-4-2-10-32(34)40-42-46)44-21-17-30(18-22-44)48-26-28-52-36-14-6-8-24-50-36/h1-4,9-12,29-30,35-38H,5-8,13-28H2. The molecule has 0 N–H and O–H groups in total. The van der Waals surface area contributed by atoms with Gasteiger partial charge in [0.1, 0.15) is 23.4 Å². The lowest BCUT2D eigenvalue weighted by atomic mass is 10.0. The second-order valence-electron chi connectivity index (χ2n) is 14.4. The smallest absolute Gasteiger partial charge is 0.157 e. The van der Waals surface area contributed by atoms with Gasteiger partial charge in [0, 0.05) is 39.4 Å². The molecule has 282 valence electrons. The van der Waals surface area contributed by atoms with E-state index in [9.17, 15) is 0 Å². The molecule has 2 aromatic heterocycles. The lowest BCUT2D eigenvalue weighted by Crippen LogP contribution is -2.52. The van der Waals surface area contributed by atoms with E-state index in [1.54, 1.807) is 0 Å². The third-order valence-electron chi connectivity index (χ3n) is 11.0. The van der Waals surface area contributed by atoms with E-state index in [0.29, 0.717) is 26.4 Å². The van der Waals surface area contributed by atoms with Gasteiger partial charge in [-0.25, -0.2) is 9.36 Å². The number of rotatable bonds is 15. The highest BCUT2D eigenvalue weighted by atomic mass is 16.7. The van der Waals surface area contributed by atoms with E-state index in [4.69, 9.17) is 38.8 Å². The minimum atomic E-state index is -0.188. The van der Waals surface area contributed by atoms with Crippen molar-refractivity contribution in [2.45, 2.75) is 101 Å². The quantitative estimate of drug-likeness (QED) is 0.155. The van der Waals surface area contributed by atoms with Crippen LogP contribution in [0.25, 0.3) is 22.1 Å². The van der Waals surface area contributed by atoms with Gasteiger partial charge in [0.2, 0.25) is 0 Å². The van der Waals surface area contributed by atoms with Crippen molar-refractivity contribution < 1.29 is 28.4 Å². The van der Waals surface area contributed by atoms with Crippen LogP contribution in [-0.4, -0.2) is 130 Å². The monoisotopic (exact) mass is 718 g/mol. The first-order valence-corrected chi connectivity index (χ1v) is 19.6. The minimum absolute atomic E-state index is 0.0887. The van der Waals surface area contributed by atoms with Gasteiger partial charge in [-0.3, -0.25) is 9.80 Å². The van der Waals surface area contributed by atoms with E-state index in [1.807, 2.05) is 24.3 Å². The number of fused-ring (bicyclic) bond motifs is 2. The van der Waals surface area contributed by atoms with Crippen LogP contribution in [0.5, 0.6) is 0 Å². The average Bonchev–Trinajstić information content (AvgIpc) is 3.83. The molecule has 4 atom stereocenters. The van der Waals surface area contributed by atoms with Crippen molar-refractivity contribution in [3.05, 3.63) is 48.5 Å². The van der Waals surface area contributed by atoms with Gasteiger partial charge in [0.05, 0.1) is 49.7 Å². The van der Waals surface area contributed by atoms with Crippen molar-refractivity contribution in [3.8, 4) is 0 Å².